The van der Waals surface area contributed by atoms with Crippen molar-refractivity contribution in [1.82, 2.24) is 10.3 Å². The zero-order valence-corrected chi connectivity index (χ0v) is 16.4. The van der Waals surface area contributed by atoms with Crippen molar-refractivity contribution in [2.24, 2.45) is 4.99 Å². The predicted molar refractivity (Wildman–Crippen MR) is 104 cm³/mol. The first-order chi connectivity index (χ1) is 13.7. The zero-order valence-electron chi connectivity index (χ0n) is 15.6. The number of aryl methyl sites for hydroxylation is 1. The van der Waals surface area contributed by atoms with Crippen LogP contribution in [0.15, 0.2) is 27.8 Å². The number of aromatic nitrogens is 3. The highest BCUT2D eigenvalue weighted by molar-refractivity contribution is 7.21. The Bertz CT molecular complexity index is 993. The molecule has 0 bridgehead atoms. The number of hydrogen-bond acceptors (Lipinski definition) is 9. The number of unbranched alkanes of at least 4 members (excludes halogenated alkanes) is 1. The molecule has 0 aliphatic carbocycles. The third kappa shape index (κ3) is 3.78. The lowest BCUT2D eigenvalue weighted by molar-refractivity contribution is -0.759. The maximum absolute atomic E-state index is 12.7. The number of nitrogens with two attached hydrogens (primary N) is 1. The lowest BCUT2D eigenvalue weighted by Gasteiger charge is -2.18. The summed E-state index contributed by atoms with van der Waals surface area (Å²) in [6, 6.07) is 3.89. The molecule has 0 unspecified atom stereocenters. The van der Waals surface area contributed by atoms with Gasteiger partial charge in [0.1, 0.15) is 4.83 Å². The minimum absolute atomic E-state index is 0.130. The fourth-order valence-electron chi connectivity index (χ4n) is 3.01. The van der Waals surface area contributed by atoms with Gasteiger partial charge in [-0.25, -0.2) is 9.98 Å². The Kier molecular flexibility index (Phi) is 5.40. The lowest BCUT2D eigenvalue weighted by Crippen LogP contribution is -2.62. The molecule has 9 nitrogen and oxygen atoms in total. The number of morpholine rings is 1. The van der Waals surface area contributed by atoms with Crippen molar-refractivity contribution < 1.29 is 19.2 Å². The van der Waals surface area contributed by atoms with E-state index in [0.717, 1.165) is 35.2 Å². The van der Waals surface area contributed by atoms with Crippen molar-refractivity contribution in [3.63, 3.8) is 0 Å². The summed E-state index contributed by atoms with van der Waals surface area (Å²) in [4.78, 5) is 11.3. The minimum Gasteiger partial charge on any atom is -0.857 e. The van der Waals surface area contributed by atoms with E-state index in [-0.39, 0.29) is 5.88 Å². The molecule has 2 N–H and O–H groups in total. The molecule has 10 heteroatoms. The molecule has 1 aliphatic heterocycles. The van der Waals surface area contributed by atoms with Crippen LogP contribution in [0, 0.1) is 0 Å². The molecule has 0 radical (unpaired) electrons. The van der Waals surface area contributed by atoms with Crippen LogP contribution < -0.4 is 20.6 Å². The average Bonchev–Trinajstić information content (AvgIpc) is 3.31. The van der Waals surface area contributed by atoms with Crippen LogP contribution in [0.1, 0.15) is 30.3 Å². The largest absolute Gasteiger partial charge is 0.857 e. The van der Waals surface area contributed by atoms with E-state index < -0.39 is 5.90 Å². The monoisotopic (exact) mass is 402 g/mol. The molecule has 0 atom stereocenters. The van der Waals surface area contributed by atoms with Crippen molar-refractivity contribution >= 4 is 39.0 Å². The Labute approximate surface area is 166 Å². The molecule has 4 heterocycles. The van der Waals surface area contributed by atoms with Gasteiger partial charge in [-0.05, 0) is 25.0 Å². The second kappa shape index (κ2) is 8.11. The first-order valence-electron chi connectivity index (χ1n) is 9.31. The van der Waals surface area contributed by atoms with Crippen LogP contribution in [0.4, 0.5) is 11.6 Å². The maximum Gasteiger partial charge on any atom is 0.324 e. The summed E-state index contributed by atoms with van der Waals surface area (Å²) in [5.74, 6) is -0.328. The molecule has 0 spiro atoms. The predicted octanol–water partition coefficient (Wildman–Crippen LogP) is 0.903. The first kappa shape index (κ1) is 18.6. The Morgan fingerprint density at radius 2 is 2.21 bits per heavy atom. The third-order valence-corrected chi connectivity index (χ3v) is 5.67. The number of aliphatic imine (C=N–C) groups is 1. The average molecular weight is 402 g/mol. The molecule has 4 rings (SSSR count). The van der Waals surface area contributed by atoms with Crippen molar-refractivity contribution in [3.05, 3.63) is 28.9 Å². The summed E-state index contributed by atoms with van der Waals surface area (Å²) in [6.07, 6.45) is 4.68. The molecule has 148 valence electrons. The smallest absolute Gasteiger partial charge is 0.324 e. The molecule has 1 fully saturated rings. The topological polar surface area (TPSA) is 117 Å². The van der Waals surface area contributed by atoms with Gasteiger partial charge in [-0.1, -0.05) is 13.3 Å². The molecular weight excluding hydrogens is 380 g/mol. The van der Waals surface area contributed by atoms with Gasteiger partial charge >= 0.3 is 5.88 Å². The number of ether oxygens (including phenoxy) is 1. The summed E-state index contributed by atoms with van der Waals surface area (Å²) in [5, 5.41) is 19.3. The molecule has 0 saturated carbocycles. The number of pyridine rings is 1. The van der Waals surface area contributed by atoms with Crippen molar-refractivity contribution in [3.8, 4) is 0 Å². The van der Waals surface area contributed by atoms with Gasteiger partial charge in [-0.15, -0.1) is 16.3 Å². The normalized spacial score (nSPS) is 15.5. The van der Waals surface area contributed by atoms with Gasteiger partial charge in [0.2, 0.25) is 5.27 Å². The molecule has 0 amide bonds. The second-order valence-corrected chi connectivity index (χ2v) is 7.55. The SMILES string of the molecule is CCCCc1ccc2c(N)c(/C([O-])=N/c3c[n+](N4CCOCC4)no3)sc2n1. The van der Waals surface area contributed by atoms with Gasteiger partial charge in [0, 0.05) is 17.0 Å². The summed E-state index contributed by atoms with van der Waals surface area (Å²) in [7, 11) is 0. The van der Waals surface area contributed by atoms with Crippen LogP contribution in [0.2, 0.25) is 0 Å². The number of nitrogen functional groups attached to an aromatic ring is 1. The quantitative estimate of drug-likeness (QED) is 0.370. The zero-order chi connectivity index (χ0) is 19.5. The second-order valence-electron chi connectivity index (χ2n) is 6.55. The van der Waals surface area contributed by atoms with Gasteiger partial charge in [-0.2, -0.15) is 0 Å². The van der Waals surface area contributed by atoms with E-state index in [4.69, 9.17) is 15.0 Å². The van der Waals surface area contributed by atoms with E-state index in [1.165, 1.54) is 11.3 Å². The van der Waals surface area contributed by atoms with E-state index in [2.05, 4.69) is 22.2 Å². The van der Waals surface area contributed by atoms with Crippen molar-refractivity contribution in [1.29, 1.82) is 0 Å². The Balaban J connectivity index is 1.58. The number of thiophene rings is 1. The van der Waals surface area contributed by atoms with Gasteiger partial charge in [0.15, 0.2) is 0 Å². The van der Waals surface area contributed by atoms with Gasteiger partial charge in [0.05, 0.1) is 41.7 Å². The third-order valence-electron chi connectivity index (χ3n) is 4.57. The van der Waals surface area contributed by atoms with E-state index >= 15 is 0 Å². The van der Waals surface area contributed by atoms with Crippen LogP contribution in [0.25, 0.3) is 10.2 Å². The summed E-state index contributed by atoms with van der Waals surface area (Å²) >= 11 is 1.26. The summed E-state index contributed by atoms with van der Waals surface area (Å²) in [5.41, 5.74) is 7.60. The highest BCUT2D eigenvalue weighted by Crippen LogP contribution is 2.33. The minimum atomic E-state index is -0.458. The fourth-order valence-corrected chi connectivity index (χ4v) is 4.01. The van der Waals surface area contributed by atoms with Crippen LogP contribution >= 0.6 is 11.3 Å². The van der Waals surface area contributed by atoms with Crippen LogP contribution in [0.5, 0.6) is 0 Å². The molecule has 28 heavy (non-hydrogen) atoms. The van der Waals surface area contributed by atoms with Crippen LogP contribution in [0.3, 0.4) is 0 Å². The lowest BCUT2D eigenvalue weighted by atomic mass is 10.1. The Morgan fingerprint density at radius 3 is 3.00 bits per heavy atom. The number of hydrogen-bond donors (Lipinski definition) is 1. The standard InChI is InChI=1S/C18H22N6O3S/c1-2-3-4-12-5-6-13-15(19)16(28-18(13)20-12)17(25)21-14-11-24(22-27-14)23-7-9-26-10-8-23/h5-6,11H,2-4,7-10H2,1H3,(H2-,19,21,22,25). The molecule has 1 aliphatic rings. The molecule has 3 aromatic rings. The first-order valence-corrected chi connectivity index (χ1v) is 10.1. The Hall–Kier alpha value is -2.72. The number of fused-ring (bicyclic) bond motifs is 1. The number of nitrogens with zero attached hydrogens (tertiary/aromatic N) is 5. The molecule has 0 aromatic carbocycles. The van der Waals surface area contributed by atoms with Crippen LogP contribution in [-0.4, -0.2) is 42.5 Å². The van der Waals surface area contributed by atoms with E-state index in [1.54, 1.807) is 11.0 Å². The molecular formula is C18H22N6O3S. The molecule has 1 saturated heterocycles. The van der Waals surface area contributed by atoms with Gasteiger partial charge in [-0.3, -0.25) is 4.52 Å². The summed E-state index contributed by atoms with van der Waals surface area (Å²) in [6.45, 7) is 4.78. The maximum atomic E-state index is 12.7. The van der Waals surface area contributed by atoms with Crippen LogP contribution in [-0.2, 0) is 11.2 Å². The van der Waals surface area contributed by atoms with Gasteiger partial charge in [0.25, 0.3) is 6.20 Å². The highest BCUT2D eigenvalue weighted by Gasteiger charge is 2.23. The molecule has 3 aromatic heterocycles. The fraction of sp³-hybridized carbons (Fsp3) is 0.444. The number of anilines is 1. The van der Waals surface area contributed by atoms with E-state index in [0.29, 0.717) is 36.9 Å². The van der Waals surface area contributed by atoms with Crippen molar-refractivity contribution in [2.75, 3.05) is 37.0 Å². The van der Waals surface area contributed by atoms with E-state index in [9.17, 15) is 5.11 Å². The van der Waals surface area contributed by atoms with E-state index in [1.807, 2.05) is 17.1 Å². The Morgan fingerprint density at radius 1 is 1.39 bits per heavy atom. The van der Waals surface area contributed by atoms with Gasteiger partial charge < -0.3 is 15.6 Å². The number of rotatable bonds is 6. The summed E-state index contributed by atoms with van der Waals surface area (Å²) < 4.78 is 10.5. The van der Waals surface area contributed by atoms with Crippen molar-refractivity contribution in [2.45, 2.75) is 26.2 Å². The highest BCUT2D eigenvalue weighted by atomic mass is 32.1.